The molecule has 0 atom stereocenters. The average Bonchev–Trinajstić information content (AvgIpc) is 2.65. The van der Waals surface area contributed by atoms with Gasteiger partial charge in [-0.1, -0.05) is 17.7 Å². The van der Waals surface area contributed by atoms with Crippen LogP contribution < -0.4 is 14.8 Å². The van der Waals surface area contributed by atoms with E-state index in [-0.39, 0.29) is 5.91 Å². The molecule has 0 bridgehead atoms. The maximum Gasteiger partial charge on any atom is 0.225 e. The summed E-state index contributed by atoms with van der Waals surface area (Å²) in [6.07, 6.45) is 1.38. The molecular weight excluding hydrogens is 352 g/mol. The molecule has 1 aliphatic rings. The van der Waals surface area contributed by atoms with Gasteiger partial charge in [0.15, 0.2) is 11.5 Å². The highest BCUT2D eigenvalue weighted by molar-refractivity contribution is 6.30. The fourth-order valence-corrected chi connectivity index (χ4v) is 3.37. The zero-order chi connectivity index (χ0) is 18.5. The van der Waals surface area contributed by atoms with Crippen LogP contribution in [0, 0.1) is 0 Å². The first-order chi connectivity index (χ1) is 12.6. The van der Waals surface area contributed by atoms with Gasteiger partial charge in [0.2, 0.25) is 5.91 Å². The molecule has 5 nitrogen and oxygen atoms in total. The standard InChI is InChI=1S/C20H23ClN2O3/c1-25-18-10-14-6-8-23(13-15(14)11-19(18)26-2)9-7-20(24)22-17-5-3-4-16(21)12-17/h3-5,10-12H,6-9,13H2,1-2H3,(H,22,24). The average molecular weight is 375 g/mol. The van der Waals surface area contributed by atoms with Gasteiger partial charge in [-0.3, -0.25) is 9.69 Å². The molecule has 1 aliphatic heterocycles. The smallest absolute Gasteiger partial charge is 0.225 e. The van der Waals surface area contributed by atoms with Gasteiger partial charge >= 0.3 is 0 Å². The SMILES string of the molecule is COc1cc2c(cc1OC)CN(CCC(=O)Nc1cccc(Cl)c1)CC2. The van der Waals surface area contributed by atoms with Gasteiger partial charge in [-0.2, -0.15) is 0 Å². The molecule has 2 aromatic rings. The van der Waals surface area contributed by atoms with Gasteiger partial charge in [-0.05, 0) is 47.9 Å². The lowest BCUT2D eigenvalue weighted by Gasteiger charge is -2.29. The number of rotatable bonds is 6. The van der Waals surface area contributed by atoms with Crippen LogP contribution in [0.5, 0.6) is 11.5 Å². The molecule has 0 spiro atoms. The number of methoxy groups -OCH3 is 2. The number of nitrogens with one attached hydrogen (secondary N) is 1. The van der Waals surface area contributed by atoms with Crippen molar-refractivity contribution < 1.29 is 14.3 Å². The molecule has 138 valence electrons. The fourth-order valence-electron chi connectivity index (χ4n) is 3.18. The van der Waals surface area contributed by atoms with Crippen molar-refractivity contribution in [2.45, 2.75) is 19.4 Å². The van der Waals surface area contributed by atoms with Gasteiger partial charge in [0.05, 0.1) is 14.2 Å². The molecule has 0 fully saturated rings. The van der Waals surface area contributed by atoms with E-state index in [4.69, 9.17) is 21.1 Å². The molecule has 1 heterocycles. The van der Waals surface area contributed by atoms with E-state index in [2.05, 4.69) is 16.3 Å². The number of ether oxygens (including phenoxy) is 2. The van der Waals surface area contributed by atoms with Crippen molar-refractivity contribution in [1.29, 1.82) is 0 Å². The maximum atomic E-state index is 12.2. The second-order valence-electron chi connectivity index (χ2n) is 6.31. The van der Waals surface area contributed by atoms with Crippen LogP contribution in [0.25, 0.3) is 0 Å². The minimum absolute atomic E-state index is 0.00891. The van der Waals surface area contributed by atoms with E-state index in [9.17, 15) is 4.79 Å². The van der Waals surface area contributed by atoms with Crippen molar-refractivity contribution in [3.8, 4) is 11.5 Å². The van der Waals surface area contributed by atoms with Crippen LogP contribution in [0.3, 0.4) is 0 Å². The molecule has 0 radical (unpaired) electrons. The number of nitrogens with zero attached hydrogens (tertiary/aromatic N) is 1. The van der Waals surface area contributed by atoms with Gasteiger partial charge in [-0.25, -0.2) is 0 Å². The minimum Gasteiger partial charge on any atom is -0.493 e. The largest absolute Gasteiger partial charge is 0.493 e. The molecule has 3 rings (SSSR count). The fraction of sp³-hybridized carbons (Fsp3) is 0.350. The molecule has 26 heavy (non-hydrogen) atoms. The Hall–Kier alpha value is -2.24. The van der Waals surface area contributed by atoms with E-state index in [0.29, 0.717) is 18.0 Å². The summed E-state index contributed by atoms with van der Waals surface area (Å²) < 4.78 is 10.8. The number of amides is 1. The molecule has 0 saturated carbocycles. The molecule has 1 amide bonds. The molecular formula is C20H23ClN2O3. The summed E-state index contributed by atoms with van der Waals surface area (Å²) in [7, 11) is 3.29. The lowest BCUT2D eigenvalue weighted by atomic mass is 9.98. The summed E-state index contributed by atoms with van der Waals surface area (Å²) >= 11 is 5.94. The number of benzene rings is 2. The van der Waals surface area contributed by atoms with E-state index < -0.39 is 0 Å². The Morgan fingerprint density at radius 2 is 1.88 bits per heavy atom. The zero-order valence-electron chi connectivity index (χ0n) is 15.0. The monoisotopic (exact) mass is 374 g/mol. The molecule has 0 saturated heterocycles. The predicted octanol–water partition coefficient (Wildman–Crippen LogP) is 3.74. The van der Waals surface area contributed by atoms with E-state index in [1.165, 1.54) is 11.1 Å². The molecule has 6 heteroatoms. The van der Waals surface area contributed by atoms with Crippen molar-refractivity contribution in [3.05, 3.63) is 52.5 Å². The highest BCUT2D eigenvalue weighted by atomic mass is 35.5. The molecule has 1 N–H and O–H groups in total. The zero-order valence-corrected chi connectivity index (χ0v) is 15.8. The molecule has 0 aliphatic carbocycles. The first-order valence-corrected chi connectivity index (χ1v) is 8.98. The first kappa shape index (κ1) is 18.5. The predicted molar refractivity (Wildman–Crippen MR) is 103 cm³/mol. The molecule has 0 unspecified atom stereocenters. The highest BCUT2D eigenvalue weighted by Crippen LogP contribution is 2.33. The van der Waals surface area contributed by atoms with Crippen LogP contribution in [0.1, 0.15) is 17.5 Å². The number of halogens is 1. The summed E-state index contributed by atoms with van der Waals surface area (Å²) in [5.41, 5.74) is 3.23. The number of carbonyl (C=O) groups is 1. The molecule has 2 aromatic carbocycles. The minimum atomic E-state index is -0.00891. The number of anilines is 1. The second kappa shape index (κ2) is 8.43. The summed E-state index contributed by atoms with van der Waals surface area (Å²) in [5.74, 6) is 1.50. The summed E-state index contributed by atoms with van der Waals surface area (Å²) in [6.45, 7) is 2.44. The lowest BCUT2D eigenvalue weighted by molar-refractivity contribution is -0.116. The maximum absolute atomic E-state index is 12.2. The number of fused-ring (bicyclic) bond motifs is 1. The Labute approximate surface area is 158 Å². The topological polar surface area (TPSA) is 50.8 Å². The normalized spacial score (nSPS) is 13.8. The third kappa shape index (κ3) is 4.48. The van der Waals surface area contributed by atoms with Gasteiger partial charge < -0.3 is 14.8 Å². The first-order valence-electron chi connectivity index (χ1n) is 8.60. The van der Waals surface area contributed by atoms with Gasteiger partial charge in [0, 0.05) is 36.8 Å². The molecule has 0 aromatic heterocycles. The number of hydrogen-bond donors (Lipinski definition) is 1. The third-order valence-electron chi connectivity index (χ3n) is 4.56. The van der Waals surface area contributed by atoms with Crippen LogP contribution in [-0.4, -0.2) is 38.1 Å². The van der Waals surface area contributed by atoms with E-state index in [1.54, 1.807) is 26.4 Å². The highest BCUT2D eigenvalue weighted by Gasteiger charge is 2.20. The van der Waals surface area contributed by atoms with E-state index in [1.807, 2.05) is 18.2 Å². The number of hydrogen-bond acceptors (Lipinski definition) is 4. The summed E-state index contributed by atoms with van der Waals surface area (Å²) in [4.78, 5) is 14.5. The van der Waals surface area contributed by atoms with Crippen molar-refractivity contribution in [2.24, 2.45) is 0 Å². The van der Waals surface area contributed by atoms with E-state index >= 15 is 0 Å². The second-order valence-corrected chi connectivity index (χ2v) is 6.75. The van der Waals surface area contributed by atoms with Gasteiger partial charge in [0.1, 0.15) is 0 Å². The Morgan fingerprint density at radius 1 is 1.15 bits per heavy atom. The summed E-state index contributed by atoms with van der Waals surface area (Å²) in [5, 5.41) is 3.50. The van der Waals surface area contributed by atoms with Crippen molar-refractivity contribution in [1.82, 2.24) is 4.90 Å². The van der Waals surface area contributed by atoms with Crippen LogP contribution in [0.15, 0.2) is 36.4 Å². The van der Waals surface area contributed by atoms with Crippen LogP contribution in [0.4, 0.5) is 5.69 Å². The Balaban J connectivity index is 1.56. The Kier molecular flexibility index (Phi) is 6.01. The summed E-state index contributed by atoms with van der Waals surface area (Å²) in [6, 6.07) is 11.3. The van der Waals surface area contributed by atoms with Gasteiger partial charge in [0.25, 0.3) is 0 Å². The quantitative estimate of drug-likeness (QED) is 0.836. The number of carbonyl (C=O) groups excluding carboxylic acids is 1. The Morgan fingerprint density at radius 3 is 2.58 bits per heavy atom. The van der Waals surface area contributed by atoms with Crippen LogP contribution in [0.2, 0.25) is 5.02 Å². The van der Waals surface area contributed by atoms with Crippen LogP contribution >= 0.6 is 11.6 Å². The van der Waals surface area contributed by atoms with Gasteiger partial charge in [-0.15, -0.1) is 0 Å². The lowest BCUT2D eigenvalue weighted by Crippen LogP contribution is -2.33. The van der Waals surface area contributed by atoms with Crippen LogP contribution in [-0.2, 0) is 17.8 Å². The third-order valence-corrected chi connectivity index (χ3v) is 4.80. The Bertz CT molecular complexity index is 795. The van der Waals surface area contributed by atoms with Crippen molar-refractivity contribution >= 4 is 23.2 Å². The van der Waals surface area contributed by atoms with E-state index in [0.717, 1.165) is 36.7 Å². The van der Waals surface area contributed by atoms with Crippen molar-refractivity contribution in [3.63, 3.8) is 0 Å². The van der Waals surface area contributed by atoms with Crippen molar-refractivity contribution in [2.75, 3.05) is 32.6 Å².